The van der Waals surface area contributed by atoms with E-state index in [4.69, 9.17) is 0 Å². The molecule has 2 aliphatic rings. The van der Waals surface area contributed by atoms with E-state index in [0.29, 0.717) is 0 Å². The van der Waals surface area contributed by atoms with Gasteiger partial charge in [-0.3, -0.25) is 0 Å². The third kappa shape index (κ3) is 0.772. The molecule has 1 fully saturated rings. The number of hydrogen-bond acceptors (Lipinski definition) is 4. The van der Waals surface area contributed by atoms with Crippen LogP contribution in [-0.4, -0.2) is 31.0 Å². The smallest absolute Gasteiger partial charge is 0.160 e. The maximum absolute atomic E-state index is 11.2. The summed E-state index contributed by atoms with van der Waals surface area (Å²) in [6, 6.07) is -0.0463. The lowest BCUT2D eigenvalue weighted by molar-refractivity contribution is 0.452. The molecule has 2 aliphatic heterocycles. The summed E-state index contributed by atoms with van der Waals surface area (Å²) in [5, 5.41) is 7.49. The third-order valence-corrected chi connectivity index (χ3v) is 4.77. The summed E-state index contributed by atoms with van der Waals surface area (Å²) >= 11 is 0. The van der Waals surface area contributed by atoms with Crippen LogP contribution >= 0.6 is 0 Å². The third-order valence-electron chi connectivity index (χ3n) is 2.30. The van der Waals surface area contributed by atoms with Gasteiger partial charge in [0, 0.05) is 0 Å². The van der Waals surface area contributed by atoms with Crippen molar-refractivity contribution in [1.82, 2.24) is 0 Å². The molecule has 0 bridgehead atoms. The van der Waals surface area contributed by atoms with Gasteiger partial charge >= 0.3 is 0 Å². The summed E-state index contributed by atoms with van der Waals surface area (Å²) in [6.07, 6.45) is 0. The zero-order valence-corrected chi connectivity index (χ0v) is 7.30. The highest BCUT2D eigenvalue weighted by molar-refractivity contribution is 7.93. The van der Waals surface area contributed by atoms with E-state index in [2.05, 4.69) is 10.2 Å². The van der Waals surface area contributed by atoms with Crippen molar-refractivity contribution in [3.63, 3.8) is 0 Å². The van der Waals surface area contributed by atoms with E-state index in [0.717, 1.165) is 0 Å². The molecular formula is C6H10N2O2S. The summed E-state index contributed by atoms with van der Waals surface area (Å²) in [5.41, 5.74) is -0.484. The van der Waals surface area contributed by atoms with Crippen molar-refractivity contribution in [3.05, 3.63) is 0 Å². The largest absolute Gasteiger partial charge is 0.228 e. The van der Waals surface area contributed by atoms with E-state index in [1.165, 1.54) is 0 Å². The quantitative estimate of drug-likeness (QED) is 0.533. The first-order chi connectivity index (χ1) is 4.93. The molecule has 0 aromatic rings. The fourth-order valence-electron chi connectivity index (χ4n) is 1.83. The Kier molecular flexibility index (Phi) is 1.08. The van der Waals surface area contributed by atoms with E-state index >= 15 is 0 Å². The first-order valence-electron chi connectivity index (χ1n) is 3.57. The molecular weight excluding hydrogens is 164 g/mol. The molecule has 5 heteroatoms. The van der Waals surface area contributed by atoms with Crippen molar-refractivity contribution in [2.45, 2.75) is 30.7 Å². The van der Waals surface area contributed by atoms with Gasteiger partial charge in [-0.05, 0) is 13.8 Å². The molecule has 0 amide bonds. The van der Waals surface area contributed by atoms with Gasteiger partial charge in [0.2, 0.25) is 0 Å². The number of fused-ring (bicyclic) bond motifs is 1. The Balaban J connectivity index is 2.41. The Morgan fingerprint density at radius 2 is 2.09 bits per heavy atom. The molecule has 2 heterocycles. The van der Waals surface area contributed by atoms with Crippen LogP contribution in [0.5, 0.6) is 0 Å². The maximum atomic E-state index is 11.2. The molecule has 0 saturated carbocycles. The zero-order chi connectivity index (χ0) is 8.28. The molecule has 0 N–H and O–H groups in total. The van der Waals surface area contributed by atoms with Crippen molar-refractivity contribution in [3.8, 4) is 0 Å². The number of sulfone groups is 1. The Morgan fingerprint density at radius 3 is 2.45 bits per heavy atom. The predicted molar refractivity (Wildman–Crippen MR) is 40.3 cm³/mol. The van der Waals surface area contributed by atoms with Crippen LogP contribution in [0.2, 0.25) is 0 Å². The van der Waals surface area contributed by atoms with Crippen LogP contribution in [0.25, 0.3) is 0 Å². The Labute approximate surface area is 65.6 Å². The van der Waals surface area contributed by atoms with Gasteiger partial charge in [-0.25, -0.2) is 8.42 Å². The monoisotopic (exact) mass is 174 g/mol. The van der Waals surface area contributed by atoms with Gasteiger partial charge in [0.05, 0.1) is 11.3 Å². The normalized spacial score (nSPS) is 43.1. The van der Waals surface area contributed by atoms with Crippen molar-refractivity contribution < 1.29 is 8.42 Å². The summed E-state index contributed by atoms with van der Waals surface area (Å²) in [5.74, 6) is 0.199. The number of rotatable bonds is 0. The fraction of sp³-hybridized carbons (Fsp3) is 1.00. The fourth-order valence-corrected chi connectivity index (χ4v) is 3.97. The zero-order valence-electron chi connectivity index (χ0n) is 6.48. The van der Waals surface area contributed by atoms with Crippen LogP contribution in [-0.2, 0) is 9.84 Å². The van der Waals surface area contributed by atoms with Crippen molar-refractivity contribution in [2.24, 2.45) is 10.2 Å². The molecule has 0 unspecified atom stereocenters. The number of nitrogens with zero attached hydrogens (tertiary/aromatic N) is 2. The van der Waals surface area contributed by atoms with Gasteiger partial charge in [-0.1, -0.05) is 0 Å². The average molecular weight is 174 g/mol. The molecule has 0 spiro atoms. The minimum atomic E-state index is -2.85. The first kappa shape index (κ1) is 7.21. The van der Waals surface area contributed by atoms with E-state index in [1.807, 2.05) is 13.8 Å². The molecule has 11 heavy (non-hydrogen) atoms. The molecule has 0 radical (unpaired) electrons. The van der Waals surface area contributed by atoms with E-state index in [9.17, 15) is 8.42 Å². The topological polar surface area (TPSA) is 58.9 Å². The van der Waals surface area contributed by atoms with E-state index in [1.54, 1.807) is 0 Å². The Morgan fingerprint density at radius 1 is 1.45 bits per heavy atom. The Hall–Kier alpha value is -0.450. The average Bonchev–Trinajstić information content (AvgIpc) is 2.00. The van der Waals surface area contributed by atoms with Crippen LogP contribution in [0, 0.1) is 0 Å². The lowest BCUT2D eigenvalue weighted by Gasteiger charge is -2.34. The maximum Gasteiger partial charge on any atom is 0.160 e. The highest BCUT2D eigenvalue weighted by Crippen LogP contribution is 2.40. The molecule has 62 valence electrons. The number of azo groups is 1. The van der Waals surface area contributed by atoms with E-state index < -0.39 is 15.4 Å². The van der Waals surface area contributed by atoms with Crippen molar-refractivity contribution in [1.29, 1.82) is 0 Å². The van der Waals surface area contributed by atoms with E-state index in [-0.39, 0.29) is 17.0 Å². The summed E-state index contributed by atoms with van der Waals surface area (Å²) in [4.78, 5) is 0. The second-order valence-corrected chi connectivity index (χ2v) is 5.85. The molecule has 2 rings (SSSR count). The van der Waals surface area contributed by atoms with Crippen LogP contribution in [0.15, 0.2) is 10.2 Å². The van der Waals surface area contributed by atoms with Gasteiger partial charge in [-0.2, -0.15) is 10.2 Å². The van der Waals surface area contributed by atoms with Crippen LogP contribution in [0.1, 0.15) is 13.8 Å². The second kappa shape index (κ2) is 1.65. The number of hydrogen-bond donors (Lipinski definition) is 0. The second-order valence-electron chi connectivity index (χ2n) is 3.69. The van der Waals surface area contributed by atoms with Crippen LogP contribution in [0.3, 0.4) is 0 Å². The SMILES string of the molecule is CC1(C)N=N[C@H]2CS(=O)(=O)[C@H]21. The van der Waals surface area contributed by atoms with Crippen molar-refractivity contribution in [2.75, 3.05) is 5.75 Å². The lowest BCUT2D eigenvalue weighted by Crippen LogP contribution is -2.56. The molecule has 4 nitrogen and oxygen atoms in total. The summed E-state index contributed by atoms with van der Waals surface area (Å²) in [6.45, 7) is 3.63. The lowest BCUT2D eigenvalue weighted by atomic mass is 9.98. The molecule has 2 atom stereocenters. The summed E-state index contributed by atoms with van der Waals surface area (Å²) < 4.78 is 22.4. The summed E-state index contributed by atoms with van der Waals surface area (Å²) in [7, 11) is -2.85. The standard InChI is InChI=1S/C6H10N2O2S/c1-6(2)5-4(7-8-6)3-11(5,9)10/h4-5H,3H2,1-2H3/t4-,5+/m0/s1. The van der Waals surface area contributed by atoms with Gasteiger partial charge in [0.1, 0.15) is 11.3 Å². The van der Waals surface area contributed by atoms with Gasteiger partial charge < -0.3 is 0 Å². The Bertz CT molecular complexity index is 317. The van der Waals surface area contributed by atoms with Gasteiger partial charge in [-0.15, -0.1) is 0 Å². The minimum absolute atomic E-state index is 0.0463. The highest BCUT2D eigenvalue weighted by atomic mass is 32.2. The first-order valence-corrected chi connectivity index (χ1v) is 5.29. The highest BCUT2D eigenvalue weighted by Gasteiger charge is 2.58. The molecule has 1 saturated heterocycles. The van der Waals surface area contributed by atoms with Crippen molar-refractivity contribution >= 4 is 9.84 Å². The van der Waals surface area contributed by atoms with Gasteiger partial charge in [0.15, 0.2) is 9.84 Å². The minimum Gasteiger partial charge on any atom is -0.228 e. The molecule has 0 aromatic heterocycles. The molecule has 0 aliphatic carbocycles. The van der Waals surface area contributed by atoms with Crippen LogP contribution < -0.4 is 0 Å². The van der Waals surface area contributed by atoms with Gasteiger partial charge in [0.25, 0.3) is 0 Å². The predicted octanol–water partition coefficient (Wildman–Crippen LogP) is 0.396. The van der Waals surface area contributed by atoms with Crippen LogP contribution in [0.4, 0.5) is 0 Å². The molecule has 0 aromatic carbocycles.